The highest BCUT2D eigenvalue weighted by molar-refractivity contribution is 8.02. The van der Waals surface area contributed by atoms with Crippen LogP contribution < -0.4 is 5.32 Å². The van der Waals surface area contributed by atoms with Gasteiger partial charge in [0.15, 0.2) is 0 Å². The third-order valence-electron chi connectivity index (χ3n) is 2.14. The Morgan fingerprint density at radius 1 is 1.29 bits per heavy atom. The van der Waals surface area contributed by atoms with Gasteiger partial charge in [-0.15, -0.1) is 11.8 Å². The fourth-order valence-corrected chi connectivity index (χ4v) is 1.71. The second-order valence-electron chi connectivity index (χ2n) is 4.02. The third kappa shape index (κ3) is 4.48. The number of benzene rings is 1. The molecule has 0 aliphatic rings. The molecule has 92 valence electrons. The van der Waals surface area contributed by atoms with E-state index < -0.39 is 10.7 Å². The standard InChI is InChI=1S/C12H15NO3S/c1-12(2,11(15)16)17-8-10(14)13-9-6-4-3-5-7-9/h3-7H,8H2,1-2H3,(H,13,14)(H,15,16). The molecule has 0 radical (unpaired) electrons. The molecule has 17 heavy (non-hydrogen) atoms. The minimum atomic E-state index is -0.950. The normalized spacial score (nSPS) is 10.9. The molecule has 1 aromatic carbocycles. The second-order valence-corrected chi connectivity index (χ2v) is 5.62. The van der Waals surface area contributed by atoms with Crippen molar-refractivity contribution in [2.45, 2.75) is 18.6 Å². The molecule has 2 N–H and O–H groups in total. The van der Waals surface area contributed by atoms with E-state index in [1.807, 2.05) is 18.2 Å². The molecule has 0 aliphatic heterocycles. The zero-order chi connectivity index (χ0) is 12.9. The summed E-state index contributed by atoms with van der Waals surface area (Å²) in [6, 6.07) is 9.07. The summed E-state index contributed by atoms with van der Waals surface area (Å²) >= 11 is 1.10. The number of hydrogen-bond acceptors (Lipinski definition) is 3. The first-order chi connectivity index (χ1) is 7.92. The van der Waals surface area contributed by atoms with Crippen LogP contribution in [-0.2, 0) is 9.59 Å². The lowest BCUT2D eigenvalue weighted by Gasteiger charge is -2.17. The summed E-state index contributed by atoms with van der Waals surface area (Å²) in [6.45, 7) is 3.16. The van der Waals surface area contributed by atoms with E-state index in [1.165, 1.54) is 0 Å². The largest absolute Gasteiger partial charge is 0.480 e. The van der Waals surface area contributed by atoms with Crippen LogP contribution in [0.3, 0.4) is 0 Å². The molecule has 5 heteroatoms. The minimum Gasteiger partial charge on any atom is -0.480 e. The molecule has 1 amide bonds. The predicted octanol–water partition coefficient (Wildman–Crippen LogP) is 2.22. The van der Waals surface area contributed by atoms with Crippen LogP contribution >= 0.6 is 11.8 Å². The van der Waals surface area contributed by atoms with Crippen molar-refractivity contribution in [2.75, 3.05) is 11.1 Å². The van der Waals surface area contributed by atoms with Crippen LogP contribution in [0.4, 0.5) is 5.69 Å². The number of carbonyl (C=O) groups is 2. The molecule has 1 rings (SSSR count). The van der Waals surface area contributed by atoms with Gasteiger partial charge in [-0.05, 0) is 26.0 Å². The van der Waals surface area contributed by atoms with Crippen molar-refractivity contribution in [1.82, 2.24) is 0 Å². The number of carboxylic acids is 1. The van der Waals surface area contributed by atoms with Gasteiger partial charge in [-0.25, -0.2) is 0 Å². The second kappa shape index (κ2) is 5.72. The minimum absolute atomic E-state index is 0.119. The van der Waals surface area contributed by atoms with Crippen LogP contribution in [0.1, 0.15) is 13.8 Å². The molecule has 0 saturated carbocycles. The van der Waals surface area contributed by atoms with Crippen molar-refractivity contribution in [3.8, 4) is 0 Å². The molecule has 1 aromatic rings. The SMILES string of the molecule is CC(C)(SCC(=O)Nc1ccccc1)C(=O)O. The van der Waals surface area contributed by atoms with Crippen molar-refractivity contribution in [1.29, 1.82) is 0 Å². The highest BCUT2D eigenvalue weighted by Gasteiger charge is 2.28. The van der Waals surface area contributed by atoms with E-state index in [0.29, 0.717) is 5.69 Å². The number of rotatable bonds is 5. The Bertz CT molecular complexity index is 403. The third-order valence-corrected chi connectivity index (χ3v) is 3.44. The van der Waals surface area contributed by atoms with Gasteiger partial charge in [0.25, 0.3) is 0 Å². The van der Waals surface area contributed by atoms with Gasteiger partial charge in [0, 0.05) is 5.69 Å². The maximum Gasteiger partial charge on any atom is 0.319 e. The Morgan fingerprint density at radius 3 is 2.41 bits per heavy atom. The van der Waals surface area contributed by atoms with Crippen LogP contribution in [-0.4, -0.2) is 27.5 Å². The van der Waals surface area contributed by atoms with Crippen molar-refractivity contribution in [3.05, 3.63) is 30.3 Å². The van der Waals surface area contributed by atoms with Crippen LogP contribution in [0.15, 0.2) is 30.3 Å². The lowest BCUT2D eigenvalue weighted by Crippen LogP contribution is -2.29. The highest BCUT2D eigenvalue weighted by atomic mass is 32.2. The molecule has 0 aromatic heterocycles. The van der Waals surface area contributed by atoms with Gasteiger partial charge in [0.1, 0.15) is 4.75 Å². The summed E-state index contributed by atoms with van der Waals surface area (Å²) in [4.78, 5) is 22.4. The first kappa shape index (κ1) is 13.6. The van der Waals surface area contributed by atoms with Gasteiger partial charge in [0.05, 0.1) is 5.75 Å². The van der Waals surface area contributed by atoms with E-state index in [9.17, 15) is 9.59 Å². The van der Waals surface area contributed by atoms with Crippen LogP contribution in [0.5, 0.6) is 0 Å². The molecule has 4 nitrogen and oxygen atoms in total. The molecule has 0 aliphatic carbocycles. The monoisotopic (exact) mass is 253 g/mol. The summed E-state index contributed by atoms with van der Waals surface area (Å²) in [5.74, 6) is -1.00. The number of carboxylic acid groups (broad SMARTS) is 1. The average molecular weight is 253 g/mol. The van der Waals surface area contributed by atoms with Crippen molar-refractivity contribution in [2.24, 2.45) is 0 Å². The van der Waals surface area contributed by atoms with Crippen molar-refractivity contribution >= 4 is 29.3 Å². The first-order valence-corrected chi connectivity index (χ1v) is 6.12. The van der Waals surface area contributed by atoms with E-state index in [0.717, 1.165) is 11.8 Å². The average Bonchev–Trinajstić information content (AvgIpc) is 2.28. The summed E-state index contributed by atoms with van der Waals surface area (Å²) in [6.07, 6.45) is 0. The maximum absolute atomic E-state index is 11.6. The molecule has 0 bridgehead atoms. The van der Waals surface area contributed by atoms with Gasteiger partial charge in [0.2, 0.25) is 5.91 Å². The van der Waals surface area contributed by atoms with E-state index in [-0.39, 0.29) is 11.7 Å². The Balaban J connectivity index is 2.44. The lowest BCUT2D eigenvalue weighted by atomic mass is 10.2. The Morgan fingerprint density at radius 2 is 1.88 bits per heavy atom. The number of amides is 1. The number of aliphatic carboxylic acids is 1. The number of thioether (sulfide) groups is 1. The molecule has 0 atom stereocenters. The fourth-order valence-electron chi connectivity index (χ4n) is 1.03. The fraction of sp³-hybridized carbons (Fsp3) is 0.333. The smallest absolute Gasteiger partial charge is 0.319 e. The zero-order valence-electron chi connectivity index (χ0n) is 9.77. The highest BCUT2D eigenvalue weighted by Crippen LogP contribution is 2.24. The molecule has 0 heterocycles. The van der Waals surface area contributed by atoms with Gasteiger partial charge in [-0.1, -0.05) is 18.2 Å². The Kier molecular flexibility index (Phi) is 4.57. The van der Waals surface area contributed by atoms with Crippen molar-refractivity contribution in [3.63, 3.8) is 0 Å². The van der Waals surface area contributed by atoms with Gasteiger partial charge >= 0.3 is 5.97 Å². The number of hydrogen-bond donors (Lipinski definition) is 2. The topological polar surface area (TPSA) is 66.4 Å². The number of nitrogens with one attached hydrogen (secondary N) is 1. The Hall–Kier alpha value is -1.49. The summed E-state index contributed by atoms with van der Waals surface area (Å²) in [5.41, 5.74) is 0.714. The molecule has 0 saturated heterocycles. The van der Waals surface area contributed by atoms with E-state index in [4.69, 9.17) is 5.11 Å². The Labute approximate surface area is 104 Å². The van der Waals surface area contributed by atoms with Gasteiger partial charge < -0.3 is 10.4 Å². The number of anilines is 1. The zero-order valence-corrected chi connectivity index (χ0v) is 10.6. The lowest BCUT2D eigenvalue weighted by molar-refractivity contribution is -0.138. The van der Waals surface area contributed by atoms with Gasteiger partial charge in [-0.3, -0.25) is 9.59 Å². The number of para-hydroxylation sites is 1. The van der Waals surface area contributed by atoms with Crippen molar-refractivity contribution < 1.29 is 14.7 Å². The van der Waals surface area contributed by atoms with Gasteiger partial charge in [-0.2, -0.15) is 0 Å². The molecule has 0 spiro atoms. The molecule has 0 fully saturated rings. The van der Waals surface area contributed by atoms with Crippen LogP contribution in [0.2, 0.25) is 0 Å². The molecular formula is C12H15NO3S. The van der Waals surface area contributed by atoms with Crippen LogP contribution in [0.25, 0.3) is 0 Å². The summed E-state index contributed by atoms with van der Waals surface area (Å²) in [7, 11) is 0. The van der Waals surface area contributed by atoms with E-state index in [2.05, 4.69) is 5.32 Å². The summed E-state index contributed by atoms with van der Waals surface area (Å²) in [5, 5.41) is 11.6. The molecule has 0 unspecified atom stereocenters. The maximum atomic E-state index is 11.6. The predicted molar refractivity (Wildman–Crippen MR) is 69.2 cm³/mol. The van der Waals surface area contributed by atoms with Crippen LogP contribution in [0, 0.1) is 0 Å². The molecular weight excluding hydrogens is 238 g/mol. The van der Waals surface area contributed by atoms with E-state index >= 15 is 0 Å². The summed E-state index contributed by atoms with van der Waals surface area (Å²) < 4.78 is -0.950. The first-order valence-electron chi connectivity index (χ1n) is 5.14. The number of carbonyl (C=O) groups excluding carboxylic acids is 1. The quantitative estimate of drug-likeness (QED) is 0.844. The van der Waals surface area contributed by atoms with E-state index in [1.54, 1.807) is 26.0 Å².